The summed E-state index contributed by atoms with van der Waals surface area (Å²) >= 11 is 1.56. The zero-order chi connectivity index (χ0) is 13.5. The van der Waals surface area contributed by atoms with Gasteiger partial charge in [-0.25, -0.2) is 0 Å². The zero-order valence-electron chi connectivity index (χ0n) is 11.4. The molecule has 0 aromatic carbocycles. The Hall–Kier alpha value is -0.870. The molecule has 0 bridgehead atoms. The van der Waals surface area contributed by atoms with Gasteiger partial charge in [0.1, 0.15) is 0 Å². The summed E-state index contributed by atoms with van der Waals surface area (Å²) in [7, 11) is 0. The minimum absolute atomic E-state index is 0.0905. The summed E-state index contributed by atoms with van der Waals surface area (Å²) in [4.78, 5) is 14.2. The van der Waals surface area contributed by atoms with E-state index in [0.29, 0.717) is 0 Å². The Labute approximate surface area is 118 Å². The fourth-order valence-corrected chi connectivity index (χ4v) is 4.37. The van der Waals surface area contributed by atoms with Crippen LogP contribution in [0.4, 0.5) is 0 Å². The van der Waals surface area contributed by atoms with Gasteiger partial charge in [-0.1, -0.05) is 6.92 Å². The van der Waals surface area contributed by atoms with E-state index in [1.165, 1.54) is 0 Å². The van der Waals surface area contributed by atoms with E-state index in [0.717, 1.165) is 50.8 Å². The third kappa shape index (κ3) is 1.93. The second-order valence-corrected chi connectivity index (χ2v) is 6.75. The highest BCUT2D eigenvalue weighted by Crippen LogP contribution is 2.57. The molecule has 1 unspecified atom stereocenters. The van der Waals surface area contributed by atoms with Gasteiger partial charge in [0.05, 0.1) is 11.2 Å². The fraction of sp³-hybridized carbons (Fsp3) is 0.667. The number of nitrogens with zero attached hydrogens (tertiary/aromatic N) is 1. The number of hydrogen-bond donors (Lipinski definition) is 1. The highest BCUT2D eigenvalue weighted by atomic mass is 32.1. The average molecular weight is 279 g/mol. The van der Waals surface area contributed by atoms with Crippen LogP contribution < -0.4 is 0 Å². The van der Waals surface area contributed by atoms with Gasteiger partial charge in [0.2, 0.25) is 0 Å². The largest absolute Gasteiger partial charge is 0.389 e. The van der Waals surface area contributed by atoms with Crippen molar-refractivity contribution in [2.75, 3.05) is 13.1 Å². The fourth-order valence-electron chi connectivity index (χ4n) is 3.74. The molecule has 19 heavy (non-hydrogen) atoms. The number of aliphatic hydroxyl groups is 1. The van der Waals surface area contributed by atoms with E-state index in [9.17, 15) is 9.90 Å². The molecular formula is C15H21NO2S. The van der Waals surface area contributed by atoms with Crippen molar-refractivity contribution in [3.8, 4) is 0 Å². The maximum absolute atomic E-state index is 12.3. The van der Waals surface area contributed by atoms with Crippen molar-refractivity contribution < 1.29 is 9.90 Å². The maximum atomic E-state index is 12.3. The molecule has 3 rings (SSSR count). The van der Waals surface area contributed by atoms with E-state index in [4.69, 9.17) is 0 Å². The van der Waals surface area contributed by atoms with Crippen LogP contribution in [-0.2, 0) is 0 Å². The van der Waals surface area contributed by atoms with Crippen molar-refractivity contribution in [1.82, 2.24) is 4.90 Å². The standard InChI is InChI=1S/C15H21NO2S/c1-2-15(18)5-4-14(15)6-8-16(9-7-14)13(17)12-3-10-19-11-12/h3,10-11,18H,2,4-9H2,1H3. The first-order valence-electron chi connectivity index (χ1n) is 7.14. The van der Waals surface area contributed by atoms with E-state index >= 15 is 0 Å². The molecule has 1 N–H and O–H groups in total. The van der Waals surface area contributed by atoms with Crippen LogP contribution in [-0.4, -0.2) is 34.6 Å². The number of hydrogen-bond acceptors (Lipinski definition) is 3. The maximum Gasteiger partial charge on any atom is 0.254 e. The van der Waals surface area contributed by atoms with Crippen molar-refractivity contribution >= 4 is 17.2 Å². The smallest absolute Gasteiger partial charge is 0.254 e. The van der Waals surface area contributed by atoms with Crippen LogP contribution in [0.15, 0.2) is 16.8 Å². The van der Waals surface area contributed by atoms with Crippen molar-refractivity contribution in [3.05, 3.63) is 22.4 Å². The Balaban J connectivity index is 1.66. The van der Waals surface area contributed by atoms with E-state index in [1.54, 1.807) is 11.3 Å². The van der Waals surface area contributed by atoms with E-state index in [1.807, 2.05) is 21.7 Å². The van der Waals surface area contributed by atoms with Crippen LogP contribution in [0.25, 0.3) is 0 Å². The Bertz CT molecular complexity index is 458. The van der Waals surface area contributed by atoms with Crippen LogP contribution in [0.3, 0.4) is 0 Å². The van der Waals surface area contributed by atoms with E-state index in [-0.39, 0.29) is 11.3 Å². The van der Waals surface area contributed by atoms with Gasteiger partial charge in [-0.2, -0.15) is 11.3 Å². The lowest BCUT2D eigenvalue weighted by Gasteiger charge is -2.59. The third-order valence-electron chi connectivity index (χ3n) is 5.37. The second-order valence-electron chi connectivity index (χ2n) is 5.97. The molecule has 1 spiro atoms. The predicted octanol–water partition coefficient (Wildman–Crippen LogP) is 2.91. The van der Waals surface area contributed by atoms with Crippen LogP contribution >= 0.6 is 11.3 Å². The predicted molar refractivity (Wildman–Crippen MR) is 76.4 cm³/mol. The molecule has 104 valence electrons. The molecule has 4 heteroatoms. The summed E-state index contributed by atoms with van der Waals surface area (Å²) in [5.41, 5.74) is 0.429. The molecule has 2 aliphatic rings. The lowest BCUT2D eigenvalue weighted by molar-refractivity contribution is -0.188. The van der Waals surface area contributed by atoms with Gasteiger partial charge in [-0.3, -0.25) is 4.79 Å². The topological polar surface area (TPSA) is 40.5 Å². The molecule has 1 aliphatic heterocycles. The van der Waals surface area contributed by atoms with Crippen molar-refractivity contribution in [3.63, 3.8) is 0 Å². The number of carbonyl (C=O) groups excluding carboxylic acids is 1. The van der Waals surface area contributed by atoms with E-state index < -0.39 is 5.60 Å². The number of amides is 1. The van der Waals surface area contributed by atoms with Crippen LogP contribution in [0.5, 0.6) is 0 Å². The van der Waals surface area contributed by atoms with Crippen molar-refractivity contribution in [2.45, 2.75) is 44.6 Å². The molecule has 1 aromatic rings. The molecule has 0 radical (unpaired) electrons. The molecule has 2 heterocycles. The van der Waals surface area contributed by atoms with Gasteiger partial charge < -0.3 is 10.0 Å². The Morgan fingerprint density at radius 1 is 1.37 bits per heavy atom. The normalized spacial score (nSPS) is 29.3. The highest BCUT2D eigenvalue weighted by Gasteiger charge is 2.57. The summed E-state index contributed by atoms with van der Waals surface area (Å²) in [6, 6.07) is 1.89. The monoisotopic (exact) mass is 279 g/mol. The first-order valence-corrected chi connectivity index (χ1v) is 8.08. The Kier molecular flexibility index (Phi) is 3.18. The molecule has 1 atom stereocenters. The molecular weight excluding hydrogens is 258 g/mol. The minimum Gasteiger partial charge on any atom is -0.389 e. The molecule has 1 aliphatic carbocycles. The van der Waals surface area contributed by atoms with Crippen LogP contribution in [0.1, 0.15) is 49.4 Å². The highest BCUT2D eigenvalue weighted by molar-refractivity contribution is 7.08. The van der Waals surface area contributed by atoms with Gasteiger partial charge in [0, 0.05) is 23.9 Å². The quantitative estimate of drug-likeness (QED) is 0.904. The minimum atomic E-state index is -0.468. The Morgan fingerprint density at radius 3 is 2.58 bits per heavy atom. The van der Waals surface area contributed by atoms with Gasteiger partial charge in [0.25, 0.3) is 5.91 Å². The van der Waals surface area contributed by atoms with Gasteiger partial charge in [-0.05, 0) is 43.6 Å². The van der Waals surface area contributed by atoms with Gasteiger partial charge in [0.15, 0.2) is 0 Å². The van der Waals surface area contributed by atoms with E-state index in [2.05, 4.69) is 6.92 Å². The molecule has 1 saturated heterocycles. The Morgan fingerprint density at radius 2 is 2.11 bits per heavy atom. The van der Waals surface area contributed by atoms with Gasteiger partial charge >= 0.3 is 0 Å². The van der Waals surface area contributed by atoms with Crippen molar-refractivity contribution in [1.29, 1.82) is 0 Å². The first-order chi connectivity index (χ1) is 9.10. The summed E-state index contributed by atoms with van der Waals surface area (Å²) in [6.45, 7) is 3.65. The average Bonchev–Trinajstić information content (AvgIpc) is 2.98. The summed E-state index contributed by atoms with van der Waals surface area (Å²) in [5, 5.41) is 14.5. The van der Waals surface area contributed by atoms with Crippen LogP contribution in [0, 0.1) is 5.41 Å². The lowest BCUT2D eigenvalue weighted by atomic mass is 9.51. The summed E-state index contributed by atoms with van der Waals surface area (Å²) in [5.74, 6) is 0.149. The number of carbonyl (C=O) groups is 1. The number of piperidine rings is 1. The van der Waals surface area contributed by atoms with Crippen LogP contribution in [0.2, 0.25) is 0 Å². The number of rotatable bonds is 2. The first kappa shape index (κ1) is 13.1. The van der Waals surface area contributed by atoms with Crippen molar-refractivity contribution in [2.24, 2.45) is 5.41 Å². The molecule has 1 aromatic heterocycles. The summed E-state index contributed by atoms with van der Waals surface area (Å²) in [6.07, 6.45) is 4.80. The SMILES string of the molecule is CCC1(O)CCC12CCN(C(=O)c1ccsc1)CC2. The molecule has 1 saturated carbocycles. The molecule has 1 amide bonds. The lowest BCUT2D eigenvalue weighted by Crippen LogP contribution is -2.61. The third-order valence-corrected chi connectivity index (χ3v) is 6.05. The number of likely N-dealkylation sites (tertiary alicyclic amines) is 1. The summed E-state index contributed by atoms with van der Waals surface area (Å²) < 4.78 is 0. The number of thiophene rings is 1. The molecule has 2 fully saturated rings. The van der Waals surface area contributed by atoms with Gasteiger partial charge in [-0.15, -0.1) is 0 Å². The second kappa shape index (κ2) is 4.60. The molecule has 3 nitrogen and oxygen atoms in total. The zero-order valence-corrected chi connectivity index (χ0v) is 12.2.